The highest BCUT2D eigenvalue weighted by Crippen LogP contribution is 2.47. The van der Waals surface area contributed by atoms with E-state index >= 15 is 0 Å². The summed E-state index contributed by atoms with van der Waals surface area (Å²) in [7, 11) is 0. The van der Waals surface area contributed by atoms with Crippen LogP contribution in [0.5, 0.6) is 0 Å². The molecule has 0 radical (unpaired) electrons. The Bertz CT molecular complexity index is 690. The fraction of sp³-hybridized carbons (Fsp3) is 0.368. The number of fused-ring (bicyclic) bond motifs is 3. The number of hydrogen-bond acceptors (Lipinski definition) is 2. The lowest BCUT2D eigenvalue weighted by molar-refractivity contribution is 0.115. The summed E-state index contributed by atoms with van der Waals surface area (Å²) in [5, 5.41) is 0. The zero-order chi connectivity index (χ0) is 15.1. The number of hydrogen-bond donors (Lipinski definition) is 0. The van der Waals surface area contributed by atoms with Crippen molar-refractivity contribution in [1.82, 2.24) is 9.80 Å². The van der Waals surface area contributed by atoms with Gasteiger partial charge in [-0.15, -0.1) is 0 Å². The standard InChI is InChI=1S/C19H21BrN2/c1-2-21-9-11-22(12-10-21)19-17-6-4-3-5-15(17)16-8-7-14(20)13-18(16)19/h3-8,13,19H,2,9-12H2,1H3. The van der Waals surface area contributed by atoms with Gasteiger partial charge < -0.3 is 4.90 Å². The predicted octanol–water partition coefficient (Wildman–Crippen LogP) is 4.16. The van der Waals surface area contributed by atoms with Crippen LogP contribution in [0.4, 0.5) is 0 Å². The molecule has 1 heterocycles. The maximum absolute atomic E-state index is 3.66. The van der Waals surface area contributed by atoms with Crippen molar-refractivity contribution >= 4 is 15.9 Å². The van der Waals surface area contributed by atoms with E-state index in [0.717, 1.165) is 19.6 Å². The average Bonchev–Trinajstić information content (AvgIpc) is 2.88. The first-order valence-corrected chi connectivity index (χ1v) is 8.92. The molecule has 1 fully saturated rings. The molecule has 0 aromatic heterocycles. The van der Waals surface area contributed by atoms with E-state index in [1.54, 1.807) is 0 Å². The van der Waals surface area contributed by atoms with Gasteiger partial charge in [-0.2, -0.15) is 0 Å². The van der Waals surface area contributed by atoms with Gasteiger partial charge in [-0.1, -0.05) is 53.2 Å². The van der Waals surface area contributed by atoms with Gasteiger partial charge in [-0.05, 0) is 40.9 Å². The highest BCUT2D eigenvalue weighted by molar-refractivity contribution is 9.10. The van der Waals surface area contributed by atoms with Crippen molar-refractivity contribution in [3.05, 3.63) is 58.1 Å². The summed E-state index contributed by atoms with van der Waals surface area (Å²) in [4.78, 5) is 5.20. The first kappa shape index (κ1) is 14.4. The molecule has 2 nitrogen and oxygen atoms in total. The van der Waals surface area contributed by atoms with Crippen molar-refractivity contribution in [2.45, 2.75) is 13.0 Å². The van der Waals surface area contributed by atoms with Gasteiger partial charge in [0, 0.05) is 30.7 Å². The van der Waals surface area contributed by atoms with Crippen LogP contribution in [0.15, 0.2) is 46.9 Å². The van der Waals surface area contributed by atoms with Crippen LogP contribution in [0.2, 0.25) is 0 Å². The van der Waals surface area contributed by atoms with Crippen LogP contribution < -0.4 is 0 Å². The summed E-state index contributed by atoms with van der Waals surface area (Å²) in [5.41, 5.74) is 5.75. The van der Waals surface area contributed by atoms with Crippen molar-refractivity contribution in [2.75, 3.05) is 32.7 Å². The number of rotatable bonds is 2. The minimum atomic E-state index is 0.419. The lowest BCUT2D eigenvalue weighted by Crippen LogP contribution is -2.47. The molecule has 3 heteroatoms. The molecule has 1 aliphatic carbocycles. The van der Waals surface area contributed by atoms with Crippen LogP contribution in [-0.2, 0) is 0 Å². The maximum atomic E-state index is 3.66. The fourth-order valence-corrected chi connectivity index (χ4v) is 4.26. The highest BCUT2D eigenvalue weighted by atomic mass is 79.9. The van der Waals surface area contributed by atoms with E-state index in [9.17, 15) is 0 Å². The third-order valence-corrected chi connectivity index (χ3v) is 5.57. The molecule has 2 aromatic carbocycles. The molecule has 114 valence electrons. The van der Waals surface area contributed by atoms with Gasteiger partial charge in [0.25, 0.3) is 0 Å². The van der Waals surface area contributed by atoms with E-state index in [4.69, 9.17) is 0 Å². The van der Waals surface area contributed by atoms with Gasteiger partial charge in [-0.3, -0.25) is 4.90 Å². The molecule has 1 atom stereocenters. The van der Waals surface area contributed by atoms with Crippen molar-refractivity contribution in [1.29, 1.82) is 0 Å². The second-order valence-electron chi connectivity index (χ2n) is 6.19. The molecule has 0 spiro atoms. The second-order valence-corrected chi connectivity index (χ2v) is 7.11. The van der Waals surface area contributed by atoms with E-state index < -0.39 is 0 Å². The van der Waals surface area contributed by atoms with Crippen molar-refractivity contribution < 1.29 is 0 Å². The van der Waals surface area contributed by atoms with Gasteiger partial charge in [0.2, 0.25) is 0 Å². The van der Waals surface area contributed by atoms with Gasteiger partial charge in [-0.25, -0.2) is 0 Å². The van der Waals surface area contributed by atoms with Crippen LogP contribution in [0.3, 0.4) is 0 Å². The van der Waals surface area contributed by atoms with Crippen molar-refractivity contribution in [2.24, 2.45) is 0 Å². The van der Waals surface area contributed by atoms with E-state index in [-0.39, 0.29) is 0 Å². The number of piperazine rings is 1. The SMILES string of the molecule is CCN1CCN(C2c3ccccc3-c3ccc(Br)cc32)CC1. The monoisotopic (exact) mass is 356 g/mol. The number of nitrogens with zero attached hydrogens (tertiary/aromatic N) is 2. The molecule has 1 saturated heterocycles. The molecule has 0 N–H and O–H groups in total. The largest absolute Gasteiger partial charge is 0.301 e. The Kier molecular flexibility index (Phi) is 3.81. The maximum Gasteiger partial charge on any atom is 0.0615 e. The topological polar surface area (TPSA) is 6.48 Å². The summed E-state index contributed by atoms with van der Waals surface area (Å²) in [6.07, 6.45) is 0. The zero-order valence-corrected chi connectivity index (χ0v) is 14.5. The molecule has 1 aliphatic heterocycles. The Hall–Kier alpha value is -1.16. The molecule has 22 heavy (non-hydrogen) atoms. The fourth-order valence-electron chi connectivity index (χ4n) is 3.88. The Balaban J connectivity index is 1.75. The number of likely N-dealkylation sites (N-methyl/N-ethyl adjacent to an activating group) is 1. The molecule has 0 bridgehead atoms. The zero-order valence-electron chi connectivity index (χ0n) is 12.9. The Labute approximate surface area is 140 Å². The average molecular weight is 357 g/mol. The summed E-state index contributed by atoms with van der Waals surface area (Å²) >= 11 is 3.66. The minimum Gasteiger partial charge on any atom is -0.301 e. The summed E-state index contributed by atoms with van der Waals surface area (Å²) < 4.78 is 1.18. The van der Waals surface area contributed by atoms with Gasteiger partial charge in [0.05, 0.1) is 6.04 Å². The molecule has 0 amide bonds. The van der Waals surface area contributed by atoms with E-state index in [1.807, 2.05) is 0 Å². The Morgan fingerprint density at radius 3 is 2.45 bits per heavy atom. The quantitative estimate of drug-likeness (QED) is 0.797. The third kappa shape index (κ3) is 2.32. The van der Waals surface area contributed by atoms with Crippen molar-refractivity contribution in [3.63, 3.8) is 0 Å². The van der Waals surface area contributed by atoms with Gasteiger partial charge >= 0.3 is 0 Å². The molecule has 4 rings (SSSR count). The van der Waals surface area contributed by atoms with Gasteiger partial charge in [0.1, 0.15) is 0 Å². The second kappa shape index (κ2) is 5.80. The molecular weight excluding hydrogens is 336 g/mol. The Morgan fingerprint density at radius 2 is 1.68 bits per heavy atom. The minimum absolute atomic E-state index is 0.419. The lowest BCUT2D eigenvalue weighted by atomic mass is 10.0. The highest BCUT2D eigenvalue weighted by Gasteiger charge is 2.34. The number of halogens is 1. The Morgan fingerprint density at radius 1 is 0.955 bits per heavy atom. The first-order valence-electron chi connectivity index (χ1n) is 8.13. The molecule has 2 aromatic rings. The number of benzene rings is 2. The smallest absolute Gasteiger partial charge is 0.0615 e. The molecular formula is C19H21BrN2. The summed E-state index contributed by atoms with van der Waals surface area (Å²) in [6, 6.07) is 16.1. The lowest BCUT2D eigenvalue weighted by Gasteiger charge is -2.38. The first-order chi connectivity index (χ1) is 10.8. The van der Waals surface area contributed by atoms with Crippen LogP contribution in [0, 0.1) is 0 Å². The normalized spacial score (nSPS) is 21.6. The van der Waals surface area contributed by atoms with Crippen LogP contribution in [0.1, 0.15) is 24.1 Å². The van der Waals surface area contributed by atoms with Crippen molar-refractivity contribution in [3.8, 4) is 11.1 Å². The predicted molar refractivity (Wildman–Crippen MR) is 95.1 cm³/mol. The summed E-state index contributed by atoms with van der Waals surface area (Å²) in [6.45, 7) is 8.08. The van der Waals surface area contributed by atoms with E-state index in [0.29, 0.717) is 6.04 Å². The van der Waals surface area contributed by atoms with E-state index in [1.165, 1.54) is 39.8 Å². The van der Waals surface area contributed by atoms with Crippen LogP contribution in [0.25, 0.3) is 11.1 Å². The molecule has 0 saturated carbocycles. The van der Waals surface area contributed by atoms with Gasteiger partial charge in [0.15, 0.2) is 0 Å². The van der Waals surface area contributed by atoms with Crippen LogP contribution in [-0.4, -0.2) is 42.5 Å². The third-order valence-electron chi connectivity index (χ3n) is 5.07. The molecule has 1 unspecified atom stereocenters. The van der Waals surface area contributed by atoms with Crippen LogP contribution >= 0.6 is 15.9 Å². The van der Waals surface area contributed by atoms with E-state index in [2.05, 4.69) is 75.1 Å². The summed E-state index contributed by atoms with van der Waals surface area (Å²) in [5.74, 6) is 0. The molecule has 2 aliphatic rings.